The molecule has 1 N–H and O–H groups in total. The molecular weight excluding hydrogens is 326 g/mol. The normalized spacial score (nSPS) is 13.4. The van der Waals surface area contributed by atoms with Gasteiger partial charge in [-0.05, 0) is 43.1 Å². The van der Waals surface area contributed by atoms with Crippen molar-refractivity contribution in [1.29, 1.82) is 0 Å². The second-order valence-electron chi connectivity index (χ2n) is 4.63. The highest BCUT2D eigenvalue weighted by atomic mass is 35.5. The molecule has 0 amide bonds. The number of ether oxygens (including phenoxy) is 1. The van der Waals surface area contributed by atoms with Crippen molar-refractivity contribution >= 4 is 23.2 Å². The first-order chi connectivity index (χ1) is 9.83. The van der Waals surface area contributed by atoms with Gasteiger partial charge < -0.3 is 10.1 Å². The largest absolute Gasteiger partial charge is 0.411 e. The van der Waals surface area contributed by atoms with Crippen molar-refractivity contribution in [2.45, 2.75) is 32.0 Å². The van der Waals surface area contributed by atoms with E-state index in [1.807, 2.05) is 6.92 Å². The van der Waals surface area contributed by atoms with Crippen LogP contribution in [0.4, 0.5) is 13.2 Å². The summed E-state index contributed by atoms with van der Waals surface area (Å²) in [4.78, 5) is 0. The predicted molar refractivity (Wildman–Crippen MR) is 79.0 cm³/mol. The molecule has 2 nitrogen and oxygen atoms in total. The van der Waals surface area contributed by atoms with Crippen LogP contribution in [0.1, 0.15) is 31.4 Å². The van der Waals surface area contributed by atoms with E-state index in [0.29, 0.717) is 16.5 Å². The molecule has 1 unspecified atom stereocenters. The number of hydrogen-bond acceptors (Lipinski definition) is 2. The fourth-order valence-electron chi connectivity index (χ4n) is 1.86. The lowest BCUT2D eigenvalue weighted by Crippen LogP contribution is -2.25. The zero-order valence-electron chi connectivity index (χ0n) is 11.6. The second kappa shape index (κ2) is 8.83. The molecule has 0 heterocycles. The molecule has 1 aromatic rings. The van der Waals surface area contributed by atoms with E-state index in [1.165, 1.54) is 0 Å². The summed E-state index contributed by atoms with van der Waals surface area (Å²) in [6.45, 7) is 1.48. The quantitative estimate of drug-likeness (QED) is 0.670. The van der Waals surface area contributed by atoms with Gasteiger partial charge in [-0.3, -0.25) is 0 Å². The molecule has 0 bridgehead atoms. The summed E-state index contributed by atoms with van der Waals surface area (Å²) in [7, 11) is 0. The summed E-state index contributed by atoms with van der Waals surface area (Å²) in [6, 6.07) is 4.88. The zero-order valence-corrected chi connectivity index (χ0v) is 13.2. The maximum Gasteiger partial charge on any atom is 0.411 e. The van der Waals surface area contributed by atoms with Gasteiger partial charge in [0.15, 0.2) is 0 Å². The first-order valence-corrected chi connectivity index (χ1v) is 7.42. The third-order valence-electron chi connectivity index (χ3n) is 2.79. The van der Waals surface area contributed by atoms with Crippen molar-refractivity contribution in [1.82, 2.24) is 5.32 Å². The molecule has 21 heavy (non-hydrogen) atoms. The standard InChI is InChI=1S/C14H18Cl2F3NO/c1-2-6-20-13(5-7-21-9-14(17,18)19)11-8-10(15)3-4-12(11)16/h3-4,8,13,20H,2,5-7,9H2,1H3. The van der Waals surface area contributed by atoms with Crippen LogP contribution in [-0.4, -0.2) is 25.9 Å². The minimum atomic E-state index is -4.31. The third kappa shape index (κ3) is 7.36. The molecule has 0 aliphatic rings. The van der Waals surface area contributed by atoms with Crippen molar-refractivity contribution in [3.05, 3.63) is 33.8 Å². The SMILES string of the molecule is CCCNC(CCOCC(F)(F)F)c1cc(Cl)ccc1Cl. The number of nitrogens with one attached hydrogen (secondary N) is 1. The number of rotatable bonds is 8. The zero-order chi connectivity index (χ0) is 15.9. The Kier molecular flexibility index (Phi) is 7.81. The molecule has 1 aromatic carbocycles. The summed E-state index contributed by atoms with van der Waals surface area (Å²) in [5.41, 5.74) is 0.772. The maximum atomic E-state index is 12.0. The Hall–Kier alpha value is -0.490. The highest BCUT2D eigenvalue weighted by molar-refractivity contribution is 6.33. The fourth-order valence-corrected chi connectivity index (χ4v) is 2.29. The van der Waals surface area contributed by atoms with Crippen LogP contribution in [0, 0.1) is 0 Å². The first kappa shape index (κ1) is 18.6. The molecule has 7 heteroatoms. The van der Waals surface area contributed by atoms with Gasteiger partial charge in [0.05, 0.1) is 0 Å². The number of benzene rings is 1. The summed E-state index contributed by atoms with van der Waals surface area (Å²) in [5.74, 6) is 0. The van der Waals surface area contributed by atoms with E-state index < -0.39 is 12.8 Å². The van der Waals surface area contributed by atoms with Crippen LogP contribution in [-0.2, 0) is 4.74 Å². The van der Waals surface area contributed by atoms with Crippen LogP contribution in [0.5, 0.6) is 0 Å². The Morgan fingerprint density at radius 1 is 1.29 bits per heavy atom. The molecule has 1 atom stereocenters. The lowest BCUT2D eigenvalue weighted by Gasteiger charge is -2.20. The second-order valence-corrected chi connectivity index (χ2v) is 5.47. The van der Waals surface area contributed by atoms with Crippen LogP contribution in [0.15, 0.2) is 18.2 Å². The van der Waals surface area contributed by atoms with Crippen molar-refractivity contribution < 1.29 is 17.9 Å². The van der Waals surface area contributed by atoms with Crippen LogP contribution >= 0.6 is 23.2 Å². The Morgan fingerprint density at radius 2 is 2.00 bits per heavy atom. The topological polar surface area (TPSA) is 21.3 Å². The molecule has 0 saturated heterocycles. The van der Waals surface area contributed by atoms with E-state index in [-0.39, 0.29) is 12.6 Å². The molecular formula is C14H18Cl2F3NO. The van der Waals surface area contributed by atoms with Gasteiger partial charge in [0.25, 0.3) is 0 Å². The van der Waals surface area contributed by atoms with Crippen LogP contribution in [0.25, 0.3) is 0 Å². The lowest BCUT2D eigenvalue weighted by molar-refractivity contribution is -0.174. The third-order valence-corrected chi connectivity index (χ3v) is 3.37. The number of alkyl halides is 3. The van der Waals surface area contributed by atoms with E-state index in [2.05, 4.69) is 10.1 Å². The summed E-state index contributed by atoms with van der Waals surface area (Å²) < 4.78 is 40.8. The Bertz CT molecular complexity index is 441. The Morgan fingerprint density at radius 3 is 2.62 bits per heavy atom. The van der Waals surface area contributed by atoms with Crippen molar-refractivity contribution in [2.75, 3.05) is 19.8 Å². The predicted octanol–water partition coefficient (Wildman–Crippen LogP) is 5.00. The van der Waals surface area contributed by atoms with E-state index in [0.717, 1.165) is 18.5 Å². The molecule has 0 saturated carbocycles. The van der Waals surface area contributed by atoms with Gasteiger partial charge in [0.1, 0.15) is 6.61 Å². The van der Waals surface area contributed by atoms with Gasteiger partial charge in [-0.25, -0.2) is 0 Å². The molecule has 0 aliphatic carbocycles. The van der Waals surface area contributed by atoms with Gasteiger partial charge in [-0.2, -0.15) is 13.2 Å². The summed E-state index contributed by atoms with van der Waals surface area (Å²) >= 11 is 12.1. The van der Waals surface area contributed by atoms with Crippen molar-refractivity contribution in [3.8, 4) is 0 Å². The fraction of sp³-hybridized carbons (Fsp3) is 0.571. The van der Waals surface area contributed by atoms with Crippen molar-refractivity contribution in [3.63, 3.8) is 0 Å². The van der Waals surface area contributed by atoms with Gasteiger partial charge in [0, 0.05) is 22.7 Å². The van der Waals surface area contributed by atoms with E-state index in [4.69, 9.17) is 23.2 Å². The van der Waals surface area contributed by atoms with Gasteiger partial charge >= 0.3 is 6.18 Å². The number of halogens is 5. The highest BCUT2D eigenvalue weighted by Gasteiger charge is 2.27. The number of hydrogen-bond donors (Lipinski definition) is 1. The average molecular weight is 344 g/mol. The van der Waals surface area contributed by atoms with Crippen molar-refractivity contribution in [2.24, 2.45) is 0 Å². The smallest absolute Gasteiger partial charge is 0.372 e. The van der Waals surface area contributed by atoms with Gasteiger partial charge in [-0.1, -0.05) is 30.1 Å². The molecule has 0 aromatic heterocycles. The molecule has 0 spiro atoms. The Balaban J connectivity index is 2.65. The molecule has 120 valence electrons. The van der Waals surface area contributed by atoms with E-state index in [1.54, 1.807) is 18.2 Å². The molecule has 0 fully saturated rings. The minimum absolute atomic E-state index is 0.0102. The Labute approximate surface area is 132 Å². The summed E-state index contributed by atoms with van der Waals surface area (Å²) in [6.07, 6.45) is -3.02. The van der Waals surface area contributed by atoms with Gasteiger partial charge in [-0.15, -0.1) is 0 Å². The monoisotopic (exact) mass is 343 g/mol. The highest BCUT2D eigenvalue weighted by Crippen LogP contribution is 2.28. The lowest BCUT2D eigenvalue weighted by atomic mass is 10.0. The molecule has 0 aliphatic heterocycles. The van der Waals surface area contributed by atoms with E-state index >= 15 is 0 Å². The van der Waals surface area contributed by atoms with Crippen LogP contribution in [0.2, 0.25) is 10.0 Å². The average Bonchev–Trinajstić information content (AvgIpc) is 2.40. The van der Waals surface area contributed by atoms with Crippen LogP contribution in [0.3, 0.4) is 0 Å². The summed E-state index contributed by atoms with van der Waals surface area (Å²) in [5, 5.41) is 4.31. The van der Waals surface area contributed by atoms with Crippen LogP contribution < -0.4 is 5.32 Å². The van der Waals surface area contributed by atoms with Gasteiger partial charge in [0.2, 0.25) is 0 Å². The molecule has 1 rings (SSSR count). The maximum absolute atomic E-state index is 12.0. The first-order valence-electron chi connectivity index (χ1n) is 6.66. The minimum Gasteiger partial charge on any atom is -0.372 e. The molecule has 0 radical (unpaired) electrons. The van der Waals surface area contributed by atoms with E-state index in [9.17, 15) is 13.2 Å².